The van der Waals surface area contributed by atoms with E-state index in [4.69, 9.17) is 5.73 Å². The highest BCUT2D eigenvalue weighted by Crippen LogP contribution is 2.08. The highest BCUT2D eigenvalue weighted by atomic mass is 16.1. The molecule has 0 aliphatic rings. The standard InChI is InChI=1S/C16H25N5O/c1-2-3-4-7-10-18-15(17)19-11-12-21-14-9-6-5-8-13(14)20-16(21)22/h5-6,8-9H,2-4,7,10-12H2,1H3,(H,20,22)(H3,17,18,19). The van der Waals surface area contributed by atoms with Crippen LogP contribution in [0.1, 0.15) is 32.6 Å². The van der Waals surface area contributed by atoms with Crippen molar-refractivity contribution in [2.24, 2.45) is 10.7 Å². The minimum Gasteiger partial charge on any atom is -0.370 e. The molecule has 0 saturated heterocycles. The summed E-state index contributed by atoms with van der Waals surface area (Å²) in [5.41, 5.74) is 7.48. The lowest BCUT2D eigenvalue weighted by molar-refractivity contribution is 0.658. The van der Waals surface area contributed by atoms with Crippen LogP contribution in [0.3, 0.4) is 0 Å². The molecule has 0 fully saturated rings. The summed E-state index contributed by atoms with van der Waals surface area (Å²) in [6.45, 7) is 4.07. The third-order valence-corrected chi connectivity index (χ3v) is 3.62. The molecule has 2 rings (SSSR count). The van der Waals surface area contributed by atoms with E-state index >= 15 is 0 Å². The van der Waals surface area contributed by atoms with Crippen LogP contribution in [-0.4, -0.2) is 28.6 Å². The Kier molecular flexibility index (Phi) is 6.06. The van der Waals surface area contributed by atoms with Gasteiger partial charge in [0.15, 0.2) is 5.96 Å². The number of aromatic nitrogens is 2. The number of benzene rings is 1. The number of hydrogen-bond acceptors (Lipinski definition) is 2. The van der Waals surface area contributed by atoms with Gasteiger partial charge in [0, 0.05) is 19.6 Å². The van der Waals surface area contributed by atoms with Gasteiger partial charge in [-0.05, 0) is 18.6 Å². The molecule has 1 heterocycles. The van der Waals surface area contributed by atoms with Crippen molar-refractivity contribution in [3.8, 4) is 0 Å². The van der Waals surface area contributed by atoms with Crippen molar-refractivity contribution in [2.75, 3.05) is 13.1 Å². The molecule has 1 aromatic heterocycles. The van der Waals surface area contributed by atoms with Crippen molar-refractivity contribution in [2.45, 2.75) is 39.2 Å². The zero-order chi connectivity index (χ0) is 15.8. The number of fused-ring (bicyclic) bond motifs is 1. The fourth-order valence-corrected chi connectivity index (χ4v) is 2.42. The minimum absolute atomic E-state index is 0.0990. The van der Waals surface area contributed by atoms with Crippen molar-refractivity contribution in [3.05, 3.63) is 34.7 Å². The van der Waals surface area contributed by atoms with Crippen LogP contribution in [-0.2, 0) is 6.54 Å². The molecule has 1 aromatic carbocycles. The maximum Gasteiger partial charge on any atom is 0.326 e. The lowest BCUT2D eigenvalue weighted by Crippen LogP contribution is -2.35. The zero-order valence-corrected chi connectivity index (χ0v) is 13.1. The van der Waals surface area contributed by atoms with Gasteiger partial charge in [0.1, 0.15) is 0 Å². The normalized spacial score (nSPS) is 12.0. The maximum absolute atomic E-state index is 11.9. The van der Waals surface area contributed by atoms with E-state index in [9.17, 15) is 4.79 Å². The van der Waals surface area contributed by atoms with Crippen molar-refractivity contribution in [3.63, 3.8) is 0 Å². The molecule has 22 heavy (non-hydrogen) atoms. The summed E-state index contributed by atoms with van der Waals surface area (Å²) in [6.07, 6.45) is 4.72. The molecule has 0 bridgehead atoms. The fourth-order valence-electron chi connectivity index (χ4n) is 2.42. The van der Waals surface area contributed by atoms with Crippen LogP contribution in [0.2, 0.25) is 0 Å². The van der Waals surface area contributed by atoms with Gasteiger partial charge in [-0.25, -0.2) is 4.79 Å². The molecule has 4 N–H and O–H groups in total. The van der Waals surface area contributed by atoms with Gasteiger partial charge in [-0.3, -0.25) is 9.56 Å². The predicted octanol–water partition coefficient (Wildman–Crippen LogP) is 1.81. The molecule has 6 nitrogen and oxygen atoms in total. The number of aliphatic imine (C=N–C) groups is 1. The number of guanidine groups is 1. The van der Waals surface area contributed by atoms with Gasteiger partial charge in [0.2, 0.25) is 0 Å². The van der Waals surface area contributed by atoms with Crippen molar-refractivity contribution < 1.29 is 0 Å². The minimum atomic E-state index is -0.0990. The topological polar surface area (TPSA) is 88.2 Å². The number of aromatic amines is 1. The first-order valence-corrected chi connectivity index (χ1v) is 7.93. The number of nitrogens with zero attached hydrogens (tertiary/aromatic N) is 2. The summed E-state index contributed by atoms with van der Waals surface area (Å²) in [5, 5.41) is 3.06. The average Bonchev–Trinajstić information content (AvgIpc) is 2.83. The molecule has 0 aliphatic heterocycles. The molecule has 0 amide bonds. The number of para-hydroxylation sites is 2. The first kappa shape index (κ1) is 16.1. The molecule has 0 unspecified atom stereocenters. The Morgan fingerprint density at radius 3 is 2.95 bits per heavy atom. The van der Waals surface area contributed by atoms with E-state index in [0.29, 0.717) is 19.0 Å². The van der Waals surface area contributed by atoms with E-state index in [0.717, 1.165) is 24.0 Å². The molecule has 6 heteroatoms. The highest BCUT2D eigenvalue weighted by Gasteiger charge is 2.05. The third kappa shape index (κ3) is 4.38. The quantitative estimate of drug-likeness (QED) is 0.395. The summed E-state index contributed by atoms with van der Waals surface area (Å²) < 4.78 is 1.71. The average molecular weight is 303 g/mol. The van der Waals surface area contributed by atoms with E-state index in [1.807, 2.05) is 24.3 Å². The largest absolute Gasteiger partial charge is 0.370 e. The Balaban J connectivity index is 1.81. The van der Waals surface area contributed by atoms with Gasteiger partial charge < -0.3 is 16.0 Å². The van der Waals surface area contributed by atoms with Gasteiger partial charge in [-0.1, -0.05) is 38.3 Å². The maximum atomic E-state index is 11.9. The van der Waals surface area contributed by atoms with E-state index in [2.05, 4.69) is 22.2 Å². The second-order valence-corrected chi connectivity index (χ2v) is 5.35. The smallest absolute Gasteiger partial charge is 0.326 e. The first-order valence-electron chi connectivity index (χ1n) is 7.93. The summed E-state index contributed by atoms with van der Waals surface area (Å²) in [4.78, 5) is 19.0. The van der Waals surface area contributed by atoms with Gasteiger partial charge >= 0.3 is 5.69 Å². The van der Waals surface area contributed by atoms with Gasteiger partial charge in [-0.15, -0.1) is 0 Å². The van der Waals surface area contributed by atoms with Crippen LogP contribution in [0.5, 0.6) is 0 Å². The Labute approximate surface area is 130 Å². The lowest BCUT2D eigenvalue weighted by atomic mass is 10.2. The lowest BCUT2D eigenvalue weighted by Gasteiger charge is -2.07. The molecule has 0 atom stereocenters. The SMILES string of the molecule is CCCCCCN=C(N)NCCn1c(=O)[nH]c2ccccc21. The molecule has 2 aromatic rings. The van der Waals surface area contributed by atoms with Gasteiger partial charge in [0.25, 0.3) is 0 Å². The van der Waals surface area contributed by atoms with E-state index in [-0.39, 0.29) is 5.69 Å². The van der Waals surface area contributed by atoms with Gasteiger partial charge in [0.05, 0.1) is 11.0 Å². The molecular formula is C16H25N5O. The second kappa shape index (κ2) is 8.26. The fraction of sp³-hybridized carbons (Fsp3) is 0.500. The van der Waals surface area contributed by atoms with Crippen LogP contribution >= 0.6 is 0 Å². The number of rotatable bonds is 8. The number of H-pyrrole nitrogens is 1. The number of hydrogen-bond donors (Lipinski definition) is 3. The summed E-state index contributed by atoms with van der Waals surface area (Å²) in [7, 11) is 0. The van der Waals surface area contributed by atoms with Crippen LogP contribution in [0, 0.1) is 0 Å². The molecule has 0 radical (unpaired) electrons. The summed E-state index contributed by atoms with van der Waals surface area (Å²) in [5.74, 6) is 0.449. The van der Waals surface area contributed by atoms with E-state index in [1.165, 1.54) is 19.3 Å². The number of unbranched alkanes of at least 4 members (excludes halogenated alkanes) is 3. The Morgan fingerprint density at radius 2 is 2.14 bits per heavy atom. The number of nitrogens with one attached hydrogen (secondary N) is 2. The molecule has 0 spiro atoms. The first-order chi connectivity index (χ1) is 10.7. The molecule has 120 valence electrons. The van der Waals surface area contributed by atoms with Crippen molar-refractivity contribution in [1.29, 1.82) is 0 Å². The van der Waals surface area contributed by atoms with E-state index in [1.54, 1.807) is 4.57 Å². The van der Waals surface area contributed by atoms with E-state index < -0.39 is 0 Å². The third-order valence-electron chi connectivity index (χ3n) is 3.62. The summed E-state index contributed by atoms with van der Waals surface area (Å²) in [6, 6.07) is 7.65. The highest BCUT2D eigenvalue weighted by molar-refractivity contribution is 5.78. The number of imidazole rings is 1. The molecular weight excluding hydrogens is 278 g/mol. The zero-order valence-electron chi connectivity index (χ0n) is 13.1. The van der Waals surface area contributed by atoms with Gasteiger partial charge in [-0.2, -0.15) is 0 Å². The Morgan fingerprint density at radius 1 is 1.32 bits per heavy atom. The van der Waals surface area contributed by atoms with Crippen LogP contribution in [0.15, 0.2) is 34.1 Å². The van der Waals surface area contributed by atoms with Crippen molar-refractivity contribution >= 4 is 17.0 Å². The number of nitrogens with two attached hydrogens (primary N) is 1. The van der Waals surface area contributed by atoms with Crippen molar-refractivity contribution in [1.82, 2.24) is 14.9 Å². The monoisotopic (exact) mass is 303 g/mol. The Hall–Kier alpha value is -2.24. The molecule has 0 saturated carbocycles. The Bertz CT molecular complexity index is 670. The van der Waals surface area contributed by atoms with Crippen LogP contribution in [0.4, 0.5) is 0 Å². The summed E-state index contributed by atoms with van der Waals surface area (Å²) >= 11 is 0. The van der Waals surface area contributed by atoms with Crippen LogP contribution in [0.25, 0.3) is 11.0 Å². The molecule has 0 aliphatic carbocycles. The second-order valence-electron chi connectivity index (χ2n) is 5.35. The van der Waals surface area contributed by atoms with Crippen LogP contribution < -0.4 is 16.7 Å². The predicted molar refractivity (Wildman–Crippen MR) is 91.2 cm³/mol.